The fourth-order valence-corrected chi connectivity index (χ4v) is 5.68. The van der Waals surface area contributed by atoms with Gasteiger partial charge in [0.05, 0.1) is 30.1 Å². The molecule has 4 aliphatic heterocycles. The molecule has 0 saturated carbocycles. The van der Waals surface area contributed by atoms with Crippen molar-refractivity contribution < 1.29 is 19.1 Å². The van der Waals surface area contributed by atoms with Crippen molar-refractivity contribution in [2.45, 2.75) is 48.3 Å². The molecule has 4 fully saturated rings. The third kappa shape index (κ3) is 4.18. The number of nitrogens with zero attached hydrogens (tertiary/aromatic N) is 4. The molecule has 0 aromatic heterocycles. The maximum Gasteiger partial charge on any atom is 0.257 e. The van der Waals surface area contributed by atoms with E-state index in [1.54, 1.807) is 4.90 Å². The zero-order valence-corrected chi connectivity index (χ0v) is 20.0. The van der Waals surface area contributed by atoms with Crippen molar-refractivity contribution >= 4 is 27.7 Å². The minimum Gasteiger partial charge on any atom is -0.352 e. The summed E-state index contributed by atoms with van der Waals surface area (Å²) < 4.78 is 11.4. The molecular weight excluding hydrogens is 502 g/mol. The van der Waals surface area contributed by atoms with Gasteiger partial charge >= 0.3 is 0 Å². The number of nitrogens with one attached hydrogen (secondary N) is 1. The monoisotopic (exact) mass is 526 g/mol. The van der Waals surface area contributed by atoms with E-state index in [0.717, 1.165) is 17.5 Å². The summed E-state index contributed by atoms with van der Waals surface area (Å²) in [6.45, 7) is 1.17. The lowest BCUT2D eigenvalue weighted by molar-refractivity contribution is -0.135. The second kappa shape index (κ2) is 9.76. The molecule has 2 amide bonds. The molecule has 34 heavy (non-hydrogen) atoms. The summed E-state index contributed by atoms with van der Waals surface area (Å²) in [4.78, 5) is 30.7. The van der Waals surface area contributed by atoms with Crippen LogP contribution >= 0.6 is 15.9 Å². The van der Waals surface area contributed by atoms with Crippen molar-refractivity contribution in [1.82, 2.24) is 14.7 Å². The number of alkyl halides is 1. The average Bonchev–Trinajstić information content (AvgIpc) is 3.61. The minimum absolute atomic E-state index is 0.0346. The van der Waals surface area contributed by atoms with Gasteiger partial charge in [-0.1, -0.05) is 76.6 Å². The number of ether oxygens (including phenoxy) is 2. The maximum absolute atomic E-state index is 12.2. The van der Waals surface area contributed by atoms with Gasteiger partial charge < -0.3 is 19.3 Å². The van der Waals surface area contributed by atoms with Crippen molar-refractivity contribution in [2.24, 2.45) is 5.11 Å². The largest absolute Gasteiger partial charge is 0.352 e. The molecule has 10 heteroatoms. The third-order valence-corrected chi connectivity index (χ3v) is 7.35. The molecule has 4 heterocycles. The Hall–Kier alpha value is -2.91. The molecule has 0 spiro atoms. The number of halogens is 1. The number of benzene rings is 2. The number of amides is 2. The fourth-order valence-electron chi connectivity index (χ4n) is 5.01. The second-order valence-electron chi connectivity index (χ2n) is 8.66. The number of hydrogen-bond acceptors (Lipinski definition) is 6. The van der Waals surface area contributed by atoms with Crippen molar-refractivity contribution in [3.8, 4) is 0 Å². The first-order valence-corrected chi connectivity index (χ1v) is 12.2. The normalized spacial score (nSPS) is 31.6. The molecule has 0 radical (unpaired) electrons. The molecule has 6 rings (SSSR count). The van der Waals surface area contributed by atoms with Crippen LogP contribution in [0.25, 0.3) is 0 Å². The van der Waals surface area contributed by atoms with Gasteiger partial charge in [-0.15, -0.1) is 0 Å². The summed E-state index contributed by atoms with van der Waals surface area (Å²) in [5.41, 5.74) is 8.76. The molecule has 0 unspecified atom stereocenters. The van der Waals surface area contributed by atoms with E-state index in [1.807, 2.05) is 65.6 Å². The SMILES string of the molecule is N=[N+]=N[C@H]1C[C@H]2CO[C@H](c3ccccc3)N2C1=O.O=C1[C@H](Br)C[C@H]2CO[C@H](c3ccccc3)N12. The van der Waals surface area contributed by atoms with Gasteiger partial charge in [0.15, 0.2) is 12.5 Å². The lowest BCUT2D eigenvalue weighted by Crippen LogP contribution is -2.32. The van der Waals surface area contributed by atoms with E-state index in [-0.39, 0.29) is 41.2 Å². The van der Waals surface area contributed by atoms with Gasteiger partial charge in [-0.2, -0.15) is 0 Å². The molecule has 2 aromatic rings. The Morgan fingerprint density at radius 1 is 0.824 bits per heavy atom. The number of carbonyl (C=O) groups is 2. The topological polar surface area (TPSA) is 109 Å². The number of rotatable bonds is 3. The maximum atomic E-state index is 12.2. The van der Waals surface area contributed by atoms with Crippen LogP contribution in [0.15, 0.2) is 65.8 Å². The van der Waals surface area contributed by atoms with Crippen LogP contribution in [-0.4, -0.2) is 57.8 Å². The van der Waals surface area contributed by atoms with Crippen molar-refractivity contribution in [2.75, 3.05) is 13.2 Å². The number of fused-ring (bicyclic) bond motifs is 2. The quantitative estimate of drug-likeness (QED) is 0.375. The molecule has 9 nitrogen and oxygen atoms in total. The van der Waals surface area contributed by atoms with Crippen molar-refractivity contribution in [3.05, 3.63) is 71.8 Å². The molecule has 176 valence electrons. The molecule has 0 aliphatic carbocycles. The van der Waals surface area contributed by atoms with Gasteiger partial charge in [-0.25, -0.2) is 0 Å². The lowest BCUT2D eigenvalue weighted by Gasteiger charge is -2.22. The molecule has 6 atom stereocenters. The van der Waals surface area contributed by atoms with E-state index in [0.29, 0.717) is 19.6 Å². The van der Waals surface area contributed by atoms with Gasteiger partial charge in [0.1, 0.15) is 10.6 Å². The standard InChI is InChI=1S/C12H12BrNO2.C12H13N4O2/c13-10-6-9-7-16-12(14(9)11(10)15)8-4-2-1-3-5-8;13-15-14-10-6-9-7-18-12(16(9)11(10)17)8-4-2-1-3-5-8/h1-5,9-10,12H,6-7H2;1-5,9-10,12-13H,6-7H2/q;+1/t9-,10+,12+;9-,10-,12+/m00/s1. The lowest BCUT2D eigenvalue weighted by atomic mass is 10.2. The Balaban J connectivity index is 0.000000142. The molecule has 0 bridgehead atoms. The predicted molar refractivity (Wildman–Crippen MR) is 125 cm³/mol. The first-order chi connectivity index (χ1) is 16.6. The molecule has 4 saturated heterocycles. The molecular formula is C24H25BrN5O4+. The van der Waals surface area contributed by atoms with E-state index in [1.165, 1.54) is 0 Å². The molecule has 2 aromatic carbocycles. The van der Waals surface area contributed by atoms with Crippen LogP contribution in [0.2, 0.25) is 0 Å². The summed E-state index contributed by atoms with van der Waals surface area (Å²) >= 11 is 3.41. The number of hydrogen-bond donors (Lipinski definition) is 1. The Morgan fingerprint density at radius 3 is 1.85 bits per heavy atom. The van der Waals surface area contributed by atoms with Gasteiger partial charge in [-0.3, -0.25) is 9.59 Å². The predicted octanol–water partition coefficient (Wildman–Crippen LogP) is 3.32. The van der Waals surface area contributed by atoms with Crippen LogP contribution in [0, 0.1) is 5.53 Å². The smallest absolute Gasteiger partial charge is 0.257 e. The fraction of sp³-hybridized carbons (Fsp3) is 0.417. The van der Waals surface area contributed by atoms with E-state index in [9.17, 15) is 9.59 Å². The number of carbonyl (C=O) groups excluding carboxylic acids is 2. The Bertz CT molecular complexity index is 1100. The van der Waals surface area contributed by atoms with Crippen molar-refractivity contribution in [1.29, 1.82) is 5.53 Å². The molecule has 1 N–H and O–H groups in total. The summed E-state index contributed by atoms with van der Waals surface area (Å²) in [7, 11) is 0. The van der Waals surface area contributed by atoms with E-state index in [2.05, 4.69) is 26.0 Å². The zero-order chi connectivity index (χ0) is 23.7. The van der Waals surface area contributed by atoms with Gasteiger partial charge in [0.25, 0.3) is 5.91 Å². The summed E-state index contributed by atoms with van der Waals surface area (Å²) in [6.07, 6.45) is 0.920. The highest BCUT2D eigenvalue weighted by molar-refractivity contribution is 9.10. The minimum atomic E-state index is -0.511. The highest BCUT2D eigenvalue weighted by atomic mass is 79.9. The van der Waals surface area contributed by atoms with E-state index < -0.39 is 6.04 Å². The Kier molecular flexibility index (Phi) is 6.56. The van der Waals surface area contributed by atoms with Crippen LogP contribution in [0.3, 0.4) is 0 Å². The average molecular weight is 527 g/mol. The summed E-state index contributed by atoms with van der Waals surface area (Å²) in [5, 5.41) is 3.66. The summed E-state index contributed by atoms with van der Waals surface area (Å²) in [5.74, 6) is 0.0544. The van der Waals surface area contributed by atoms with Crippen LogP contribution < -0.4 is 4.91 Å². The first kappa shape index (κ1) is 22.9. The van der Waals surface area contributed by atoms with E-state index in [4.69, 9.17) is 15.0 Å². The van der Waals surface area contributed by atoms with Crippen molar-refractivity contribution in [3.63, 3.8) is 0 Å². The highest BCUT2D eigenvalue weighted by Gasteiger charge is 2.50. The van der Waals surface area contributed by atoms with Gasteiger partial charge in [0, 0.05) is 17.5 Å². The van der Waals surface area contributed by atoms with E-state index >= 15 is 0 Å². The Morgan fingerprint density at radius 2 is 1.32 bits per heavy atom. The molecule has 4 aliphatic rings. The summed E-state index contributed by atoms with van der Waals surface area (Å²) in [6, 6.07) is 19.4. The van der Waals surface area contributed by atoms with Gasteiger partial charge in [0.2, 0.25) is 16.9 Å². The third-order valence-electron chi connectivity index (χ3n) is 6.59. The van der Waals surface area contributed by atoms with Crippen LogP contribution in [0.1, 0.15) is 36.4 Å². The zero-order valence-electron chi connectivity index (χ0n) is 18.4. The van der Waals surface area contributed by atoms with Crippen LogP contribution in [0.4, 0.5) is 0 Å². The van der Waals surface area contributed by atoms with Gasteiger partial charge in [-0.05, 0) is 6.42 Å². The first-order valence-electron chi connectivity index (χ1n) is 11.3. The van der Waals surface area contributed by atoms with Crippen LogP contribution in [-0.2, 0) is 19.1 Å². The Labute approximate surface area is 205 Å². The van der Waals surface area contributed by atoms with Crippen LogP contribution in [0.5, 0.6) is 0 Å². The highest BCUT2D eigenvalue weighted by Crippen LogP contribution is 2.39. The second-order valence-corrected chi connectivity index (χ2v) is 9.77.